The Labute approximate surface area is 117 Å². The maximum atomic E-state index is 12.7. The fourth-order valence-corrected chi connectivity index (χ4v) is 1.65. The van der Waals surface area contributed by atoms with E-state index < -0.39 is 0 Å². The zero-order chi connectivity index (χ0) is 14.4. The predicted octanol–water partition coefficient (Wildman–Crippen LogP) is 4.32. The first-order valence-corrected chi connectivity index (χ1v) is 6.31. The van der Waals surface area contributed by atoms with Crippen LogP contribution in [-0.4, -0.2) is 5.78 Å². The van der Waals surface area contributed by atoms with Gasteiger partial charge in [0.15, 0.2) is 5.78 Å². The van der Waals surface area contributed by atoms with Crippen molar-refractivity contribution in [3.05, 3.63) is 64.4 Å². The standard InChI is InChI=1S/C13H9ClFNO.C2H6/c14-9-3-6-12(16)11(7-9)13(17)8-1-4-10(15)5-2-8;1-2/h1-7H,16H2;1-2H3. The maximum Gasteiger partial charge on any atom is 0.195 e. The Balaban J connectivity index is 0.000000861. The number of nitrogen functional groups attached to an aromatic ring is 1. The Bertz CT molecular complexity index is 567. The van der Waals surface area contributed by atoms with E-state index >= 15 is 0 Å². The highest BCUT2D eigenvalue weighted by atomic mass is 35.5. The van der Waals surface area contributed by atoms with Crippen molar-refractivity contribution in [2.24, 2.45) is 0 Å². The van der Waals surface area contributed by atoms with Crippen molar-refractivity contribution in [1.29, 1.82) is 0 Å². The minimum absolute atomic E-state index is 0.273. The second-order valence-corrected chi connectivity index (χ2v) is 4.00. The summed E-state index contributed by atoms with van der Waals surface area (Å²) in [5, 5.41) is 0.435. The second-order valence-electron chi connectivity index (χ2n) is 3.57. The quantitative estimate of drug-likeness (QED) is 0.657. The molecule has 2 aromatic carbocycles. The fourth-order valence-electron chi connectivity index (χ4n) is 1.48. The summed E-state index contributed by atoms with van der Waals surface area (Å²) in [5.74, 6) is -0.661. The molecule has 4 heteroatoms. The van der Waals surface area contributed by atoms with E-state index in [0.717, 1.165) is 0 Å². The van der Waals surface area contributed by atoms with Gasteiger partial charge in [0.25, 0.3) is 0 Å². The van der Waals surface area contributed by atoms with Crippen LogP contribution in [0.4, 0.5) is 10.1 Å². The van der Waals surface area contributed by atoms with Gasteiger partial charge in [-0.3, -0.25) is 4.79 Å². The van der Waals surface area contributed by atoms with Crippen molar-refractivity contribution in [3.8, 4) is 0 Å². The number of halogens is 2. The molecular formula is C15H15ClFNO. The van der Waals surface area contributed by atoms with Crippen LogP contribution in [0.3, 0.4) is 0 Å². The number of benzene rings is 2. The van der Waals surface area contributed by atoms with E-state index in [0.29, 0.717) is 21.8 Å². The highest BCUT2D eigenvalue weighted by Crippen LogP contribution is 2.21. The van der Waals surface area contributed by atoms with E-state index in [1.807, 2.05) is 13.8 Å². The van der Waals surface area contributed by atoms with Gasteiger partial charge < -0.3 is 5.73 Å². The lowest BCUT2D eigenvalue weighted by Gasteiger charge is -2.05. The van der Waals surface area contributed by atoms with Gasteiger partial charge in [-0.05, 0) is 42.5 Å². The zero-order valence-electron chi connectivity index (χ0n) is 10.8. The van der Waals surface area contributed by atoms with Crippen LogP contribution in [0.2, 0.25) is 5.02 Å². The fraction of sp³-hybridized carbons (Fsp3) is 0.133. The molecule has 100 valence electrons. The number of nitrogens with two attached hydrogens (primary N) is 1. The van der Waals surface area contributed by atoms with Gasteiger partial charge in [0.05, 0.1) is 0 Å². The Morgan fingerprint density at radius 2 is 1.68 bits per heavy atom. The molecule has 0 fully saturated rings. The van der Waals surface area contributed by atoms with Gasteiger partial charge in [0.2, 0.25) is 0 Å². The van der Waals surface area contributed by atoms with E-state index in [9.17, 15) is 9.18 Å². The minimum Gasteiger partial charge on any atom is -0.398 e. The van der Waals surface area contributed by atoms with Crippen molar-refractivity contribution in [1.82, 2.24) is 0 Å². The van der Waals surface area contributed by atoms with E-state index in [2.05, 4.69) is 0 Å². The lowest BCUT2D eigenvalue weighted by Crippen LogP contribution is -2.05. The van der Waals surface area contributed by atoms with Crippen molar-refractivity contribution < 1.29 is 9.18 Å². The average Bonchev–Trinajstić information content (AvgIpc) is 2.44. The number of rotatable bonds is 2. The Hall–Kier alpha value is -1.87. The smallest absolute Gasteiger partial charge is 0.195 e. The van der Waals surface area contributed by atoms with Gasteiger partial charge in [0.1, 0.15) is 5.82 Å². The van der Waals surface area contributed by atoms with E-state index in [1.165, 1.54) is 30.3 Å². The maximum absolute atomic E-state index is 12.7. The summed E-state index contributed by atoms with van der Waals surface area (Å²) < 4.78 is 12.7. The first-order valence-electron chi connectivity index (χ1n) is 5.93. The molecule has 0 unspecified atom stereocenters. The molecule has 0 aliphatic carbocycles. The minimum atomic E-state index is -0.388. The summed E-state index contributed by atoms with van der Waals surface area (Å²) in [6, 6.07) is 9.97. The molecule has 19 heavy (non-hydrogen) atoms. The van der Waals surface area contributed by atoms with Crippen LogP contribution < -0.4 is 5.73 Å². The highest BCUT2D eigenvalue weighted by Gasteiger charge is 2.12. The SMILES string of the molecule is CC.Nc1ccc(Cl)cc1C(=O)c1ccc(F)cc1. The third kappa shape index (κ3) is 3.80. The molecule has 0 amide bonds. The van der Waals surface area contributed by atoms with Crippen molar-refractivity contribution in [2.45, 2.75) is 13.8 Å². The highest BCUT2D eigenvalue weighted by molar-refractivity contribution is 6.31. The van der Waals surface area contributed by atoms with Crippen LogP contribution in [0, 0.1) is 5.82 Å². The number of carbonyl (C=O) groups is 1. The number of carbonyl (C=O) groups excluding carboxylic acids is 1. The number of anilines is 1. The lowest BCUT2D eigenvalue weighted by atomic mass is 10.0. The van der Waals surface area contributed by atoms with Gasteiger partial charge in [-0.2, -0.15) is 0 Å². The lowest BCUT2D eigenvalue weighted by molar-refractivity contribution is 0.103. The van der Waals surface area contributed by atoms with E-state index in [1.54, 1.807) is 12.1 Å². The number of ketones is 1. The molecule has 2 rings (SSSR count). The zero-order valence-corrected chi connectivity index (χ0v) is 11.5. The van der Waals surface area contributed by atoms with Gasteiger partial charge in [-0.15, -0.1) is 0 Å². The van der Waals surface area contributed by atoms with E-state index in [4.69, 9.17) is 17.3 Å². The average molecular weight is 280 g/mol. The molecule has 2 nitrogen and oxygen atoms in total. The molecule has 2 aromatic rings. The summed E-state index contributed by atoms with van der Waals surface area (Å²) in [7, 11) is 0. The first kappa shape index (κ1) is 15.2. The van der Waals surface area contributed by atoms with E-state index in [-0.39, 0.29) is 11.6 Å². The van der Waals surface area contributed by atoms with Crippen LogP contribution in [0.1, 0.15) is 29.8 Å². The third-order valence-electron chi connectivity index (χ3n) is 2.37. The van der Waals surface area contributed by atoms with Crippen LogP contribution in [0.15, 0.2) is 42.5 Å². The molecular weight excluding hydrogens is 265 g/mol. The van der Waals surface area contributed by atoms with Crippen molar-refractivity contribution in [3.63, 3.8) is 0 Å². The van der Waals surface area contributed by atoms with Gasteiger partial charge in [-0.1, -0.05) is 25.4 Å². The Morgan fingerprint density at radius 1 is 1.11 bits per heavy atom. The van der Waals surface area contributed by atoms with Crippen molar-refractivity contribution >= 4 is 23.1 Å². The summed E-state index contributed by atoms with van der Waals surface area (Å²) >= 11 is 5.81. The van der Waals surface area contributed by atoms with Gasteiger partial charge >= 0.3 is 0 Å². The molecule has 0 saturated carbocycles. The summed E-state index contributed by atoms with van der Waals surface area (Å²) in [4.78, 5) is 12.1. The molecule has 0 spiro atoms. The molecule has 0 bridgehead atoms. The van der Waals surface area contributed by atoms with Crippen LogP contribution in [-0.2, 0) is 0 Å². The summed E-state index contributed by atoms with van der Waals surface area (Å²) in [6.45, 7) is 4.00. The van der Waals surface area contributed by atoms with Gasteiger partial charge in [0, 0.05) is 21.8 Å². The first-order chi connectivity index (χ1) is 9.08. The second kappa shape index (κ2) is 6.90. The topological polar surface area (TPSA) is 43.1 Å². The largest absolute Gasteiger partial charge is 0.398 e. The summed E-state index contributed by atoms with van der Waals surface area (Å²) in [6.07, 6.45) is 0. The van der Waals surface area contributed by atoms with Crippen LogP contribution in [0.25, 0.3) is 0 Å². The predicted molar refractivity (Wildman–Crippen MR) is 77.0 cm³/mol. The summed E-state index contributed by atoms with van der Waals surface area (Å²) in [5.41, 5.74) is 6.75. The van der Waals surface area contributed by atoms with Crippen LogP contribution >= 0.6 is 11.6 Å². The molecule has 0 atom stereocenters. The molecule has 0 radical (unpaired) electrons. The molecule has 0 heterocycles. The molecule has 0 aliphatic heterocycles. The van der Waals surface area contributed by atoms with Crippen molar-refractivity contribution in [2.75, 3.05) is 5.73 Å². The molecule has 0 saturated heterocycles. The third-order valence-corrected chi connectivity index (χ3v) is 2.60. The molecule has 0 aromatic heterocycles. The monoisotopic (exact) mass is 279 g/mol. The van der Waals surface area contributed by atoms with Gasteiger partial charge in [-0.25, -0.2) is 4.39 Å². The van der Waals surface area contributed by atoms with Crippen LogP contribution in [0.5, 0.6) is 0 Å². The number of hydrogen-bond donors (Lipinski definition) is 1. The Kier molecular flexibility index (Phi) is 5.52. The Morgan fingerprint density at radius 3 is 2.26 bits per heavy atom. The molecule has 2 N–H and O–H groups in total. The molecule has 0 aliphatic rings. The normalized spacial score (nSPS) is 9.47. The number of hydrogen-bond acceptors (Lipinski definition) is 2.